The summed E-state index contributed by atoms with van der Waals surface area (Å²) in [6.45, 7) is 3.75. The van der Waals surface area contributed by atoms with Gasteiger partial charge in [-0.1, -0.05) is 50.8 Å². The van der Waals surface area contributed by atoms with Crippen molar-refractivity contribution in [1.82, 2.24) is 15.5 Å². The minimum absolute atomic E-state index is 0.00907. The molecule has 294 valence electrons. The van der Waals surface area contributed by atoms with E-state index in [-0.39, 0.29) is 36.4 Å². The normalized spacial score (nSPS) is 19.9. The van der Waals surface area contributed by atoms with E-state index in [1.54, 1.807) is 29.2 Å². The Labute approximate surface area is 310 Å². The van der Waals surface area contributed by atoms with Crippen molar-refractivity contribution in [3.8, 4) is 5.75 Å². The van der Waals surface area contributed by atoms with Gasteiger partial charge >= 0.3 is 10.4 Å². The predicted octanol–water partition coefficient (Wildman–Crippen LogP) is 2.56. The van der Waals surface area contributed by atoms with Gasteiger partial charge in [-0.05, 0) is 55.7 Å². The highest BCUT2D eigenvalue weighted by Crippen LogP contribution is 2.26. The van der Waals surface area contributed by atoms with Gasteiger partial charge in [0.2, 0.25) is 24.0 Å². The Balaban J connectivity index is 1.49. The summed E-state index contributed by atoms with van der Waals surface area (Å²) in [6.07, 6.45) is 0.353. The number of hydrogen-bond donors (Lipinski definition) is 6. The number of carbonyl (C=O) groups is 4. The van der Waals surface area contributed by atoms with Crippen LogP contribution in [0.15, 0.2) is 54.6 Å². The maximum absolute atomic E-state index is 13.0. The summed E-state index contributed by atoms with van der Waals surface area (Å²) in [7, 11) is -4.87. The lowest BCUT2D eigenvalue weighted by molar-refractivity contribution is -0.242. The van der Waals surface area contributed by atoms with E-state index in [1.165, 1.54) is 19.1 Å². The van der Waals surface area contributed by atoms with Gasteiger partial charge in [-0.3, -0.25) is 23.7 Å². The largest absolute Gasteiger partial charge is 0.463 e. The molecule has 2 aromatic rings. The molecule has 16 nitrogen and oxygen atoms in total. The van der Waals surface area contributed by atoms with Gasteiger partial charge in [0.25, 0.3) is 5.91 Å². The molecule has 17 heteroatoms. The third kappa shape index (κ3) is 15.8. The Kier molecular flexibility index (Phi) is 18.1. The van der Waals surface area contributed by atoms with Gasteiger partial charge in [-0.2, -0.15) is 8.42 Å². The van der Waals surface area contributed by atoms with E-state index in [0.717, 1.165) is 44.9 Å². The molecular formula is C36H52N4O12S. The summed E-state index contributed by atoms with van der Waals surface area (Å²) >= 11 is 0. The van der Waals surface area contributed by atoms with E-state index in [4.69, 9.17) is 14.0 Å². The molecule has 0 unspecified atom stereocenters. The maximum Gasteiger partial charge on any atom is 0.397 e. The second-order valence-electron chi connectivity index (χ2n) is 12.8. The average Bonchev–Trinajstić information content (AvgIpc) is 3.12. The molecule has 1 saturated heterocycles. The molecule has 0 aromatic heterocycles. The SMILES string of the molecule is CCCCCC(=O)N(CCCCCCNC(=O)c1ccccc1)CCC(=O)Nc1ccc(O[C@@H]2O[C@H](COS(=O)(=O)O)[C@H](O)[C@H](O)[C@H]2NC(C)=O)cc1. The number of aliphatic hydroxyl groups is 2. The number of hydrogen-bond acceptors (Lipinski definition) is 11. The molecule has 0 saturated carbocycles. The molecule has 6 N–H and O–H groups in total. The van der Waals surface area contributed by atoms with Gasteiger partial charge in [0.1, 0.15) is 30.1 Å². The van der Waals surface area contributed by atoms with Crippen LogP contribution in [0.5, 0.6) is 5.75 Å². The molecule has 0 radical (unpaired) electrons. The van der Waals surface area contributed by atoms with Crippen LogP contribution in [0, 0.1) is 0 Å². The van der Waals surface area contributed by atoms with Crippen LogP contribution in [-0.4, -0.2) is 109 Å². The van der Waals surface area contributed by atoms with Gasteiger partial charge in [0, 0.05) is 50.7 Å². The molecule has 2 aromatic carbocycles. The fourth-order valence-corrected chi connectivity index (χ4v) is 5.95. The number of anilines is 1. The lowest BCUT2D eigenvalue weighted by Gasteiger charge is -2.42. The smallest absolute Gasteiger partial charge is 0.397 e. The summed E-state index contributed by atoms with van der Waals surface area (Å²) in [5.41, 5.74) is 1.05. The Morgan fingerprint density at radius 3 is 2.23 bits per heavy atom. The first-order valence-electron chi connectivity index (χ1n) is 17.9. The number of aliphatic hydroxyl groups excluding tert-OH is 2. The maximum atomic E-state index is 13.0. The minimum atomic E-state index is -4.87. The summed E-state index contributed by atoms with van der Waals surface area (Å²) in [5, 5.41) is 29.2. The summed E-state index contributed by atoms with van der Waals surface area (Å²) < 4.78 is 46.6. The van der Waals surface area contributed by atoms with Crippen molar-refractivity contribution in [2.75, 3.05) is 31.6 Å². The van der Waals surface area contributed by atoms with Crippen molar-refractivity contribution in [1.29, 1.82) is 0 Å². The molecule has 1 aliphatic heterocycles. The summed E-state index contributed by atoms with van der Waals surface area (Å²) in [6, 6.07) is 13.8. The van der Waals surface area contributed by atoms with E-state index in [2.05, 4.69) is 27.1 Å². The molecule has 5 atom stereocenters. The van der Waals surface area contributed by atoms with Crippen molar-refractivity contribution in [2.45, 2.75) is 102 Å². The van der Waals surface area contributed by atoms with Crippen LogP contribution in [0.25, 0.3) is 0 Å². The van der Waals surface area contributed by atoms with E-state index >= 15 is 0 Å². The number of nitrogens with one attached hydrogen (secondary N) is 3. The van der Waals surface area contributed by atoms with Gasteiger partial charge in [0.05, 0.1) is 6.61 Å². The molecule has 4 amide bonds. The zero-order valence-electron chi connectivity index (χ0n) is 30.1. The van der Waals surface area contributed by atoms with Crippen molar-refractivity contribution in [3.05, 3.63) is 60.2 Å². The number of carbonyl (C=O) groups excluding carboxylic acids is 4. The highest BCUT2D eigenvalue weighted by molar-refractivity contribution is 7.80. The first kappa shape index (κ1) is 43.3. The highest BCUT2D eigenvalue weighted by Gasteiger charge is 2.46. The fraction of sp³-hybridized carbons (Fsp3) is 0.556. The molecule has 3 rings (SSSR count). The summed E-state index contributed by atoms with van der Waals surface area (Å²) in [5.74, 6) is -0.780. The molecule has 1 heterocycles. The van der Waals surface area contributed by atoms with Crippen LogP contribution in [0.3, 0.4) is 0 Å². The third-order valence-electron chi connectivity index (χ3n) is 8.47. The number of rotatable bonds is 22. The zero-order valence-corrected chi connectivity index (χ0v) is 31.0. The lowest BCUT2D eigenvalue weighted by Crippen LogP contribution is -2.65. The Morgan fingerprint density at radius 2 is 1.57 bits per heavy atom. The van der Waals surface area contributed by atoms with Crippen LogP contribution in [-0.2, 0) is 33.7 Å². The van der Waals surface area contributed by atoms with Crippen molar-refractivity contribution in [3.63, 3.8) is 0 Å². The van der Waals surface area contributed by atoms with Crippen LogP contribution >= 0.6 is 0 Å². The second-order valence-corrected chi connectivity index (χ2v) is 13.9. The van der Waals surface area contributed by atoms with Gasteiger partial charge in [-0.15, -0.1) is 0 Å². The quantitative estimate of drug-likeness (QED) is 0.0751. The second kappa shape index (κ2) is 22.2. The standard InChI is InChI=1S/C36H52N4O12S/c1-3-4-8-15-31(43)40(22-12-6-5-11-21-37-35(46)26-13-9-7-10-14-26)23-20-30(42)39-27-16-18-28(19-17-27)51-36-32(38-25(2)41)34(45)33(44)29(52-36)24-50-53(47,48)49/h7,9-10,13-14,16-19,29,32-34,36,44-45H,3-6,8,11-12,15,20-24H2,1-2H3,(H,37,46)(H,38,41)(H,39,42)(H,47,48,49)/t29-,32-,33+,34-,36-/m1/s1. The van der Waals surface area contributed by atoms with Gasteiger partial charge < -0.3 is 40.5 Å². The molecule has 0 bridgehead atoms. The number of ether oxygens (including phenoxy) is 2. The van der Waals surface area contributed by atoms with E-state index in [9.17, 15) is 37.8 Å². The van der Waals surface area contributed by atoms with Crippen molar-refractivity contribution < 1.29 is 56.0 Å². The predicted molar refractivity (Wildman–Crippen MR) is 194 cm³/mol. The van der Waals surface area contributed by atoms with E-state index < -0.39 is 53.6 Å². The van der Waals surface area contributed by atoms with Crippen molar-refractivity contribution in [2.24, 2.45) is 0 Å². The molecule has 0 spiro atoms. The fourth-order valence-electron chi connectivity index (χ4n) is 5.64. The number of nitrogens with zero attached hydrogens (tertiary/aromatic N) is 1. The highest BCUT2D eigenvalue weighted by atomic mass is 32.3. The number of amides is 4. The van der Waals surface area contributed by atoms with Crippen LogP contribution in [0.1, 0.15) is 82.0 Å². The topological polar surface area (TPSA) is 230 Å². The van der Waals surface area contributed by atoms with Gasteiger partial charge in [0.15, 0.2) is 0 Å². The number of benzene rings is 2. The first-order chi connectivity index (χ1) is 25.3. The third-order valence-corrected chi connectivity index (χ3v) is 8.91. The lowest BCUT2D eigenvalue weighted by atomic mass is 9.97. The summed E-state index contributed by atoms with van der Waals surface area (Å²) in [4.78, 5) is 51.6. The zero-order chi connectivity index (χ0) is 38.8. The minimum Gasteiger partial charge on any atom is -0.463 e. The molecular weight excluding hydrogens is 712 g/mol. The molecule has 0 aliphatic carbocycles. The molecule has 53 heavy (non-hydrogen) atoms. The average molecular weight is 765 g/mol. The van der Waals surface area contributed by atoms with E-state index in [0.29, 0.717) is 30.8 Å². The van der Waals surface area contributed by atoms with Crippen LogP contribution in [0.4, 0.5) is 5.69 Å². The van der Waals surface area contributed by atoms with Crippen molar-refractivity contribution >= 4 is 39.7 Å². The Bertz CT molecular complexity index is 1560. The van der Waals surface area contributed by atoms with E-state index in [1.807, 2.05) is 18.2 Å². The first-order valence-corrected chi connectivity index (χ1v) is 19.2. The van der Waals surface area contributed by atoms with Crippen LogP contribution < -0.4 is 20.7 Å². The van der Waals surface area contributed by atoms with Gasteiger partial charge in [-0.25, -0.2) is 4.18 Å². The molecule has 1 fully saturated rings. The Morgan fingerprint density at radius 1 is 0.868 bits per heavy atom. The monoisotopic (exact) mass is 764 g/mol. The molecule has 1 aliphatic rings. The van der Waals surface area contributed by atoms with Crippen LogP contribution in [0.2, 0.25) is 0 Å². The Hall–Kier alpha value is -4.13. The number of unbranched alkanes of at least 4 members (excludes halogenated alkanes) is 5.